The van der Waals surface area contributed by atoms with E-state index in [-0.39, 0.29) is 0 Å². The highest BCUT2D eigenvalue weighted by Crippen LogP contribution is 2.12. The third kappa shape index (κ3) is 8.69. The number of nitrogens with zero attached hydrogens (tertiary/aromatic N) is 2. The van der Waals surface area contributed by atoms with Crippen LogP contribution in [0, 0.1) is 0 Å². The topological polar surface area (TPSA) is 34.9 Å². The van der Waals surface area contributed by atoms with Crippen molar-refractivity contribution in [1.82, 2.24) is 9.55 Å². The molecule has 0 atom stereocenters. The van der Waals surface area contributed by atoms with Gasteiger partial charge in [-0.25, -0.2) is 4.98 Å². The van der Waals surface area contributed by atoms with Gasteiger partial charge in [-0.3, -0.25) is 4.79 Å². The van der Waals surface area contributed by atoms with Crippen LogP contribution in [0.2, 0.25) is 0 Å². The molecular formula is C18H32N2O. The highest BCUT2D eigenvalue weighted by molar-refractivity contribution is 5.69. The quantitative estimate of drug-likeness (QED) is 0.340. The maximum atomic E-state index is 10.7. The molecule has 120 valence electrons. The first-order valence-electron chi connectivity index (χ1n) is 8.84. The van der Waals surface area contributed by atoms with Crippen molar-refractivity contribution in [2.24, 2.45) is 0 Å². The predicted molar refractivity (Wildman–Crippen MR) is 88.7 cm³/mol. The van der Waals surface area contributed by atoms with Crippen molar-refractivity contribution in [1.29, 1.82) is 0 Å². The van der Waals surface area contributed by atoms with Crippen LogP contribution in [0.3, 0.4) is 0 Å². The molecule has 3 heteroatoms. The number of imidazole rings is 1. The summed E-state index contributed by atoms with van der Waals surface area (Å²) in [6.45, 7) is 3.19. The predicted octanol–water partition coefficient (Wildman–Crippen LogP) is 5.40. The highest BCUT2D eigenvalue weighted by Gasteiger charge is 2.00. The summed E-state index contributed by atoms with van der Waals surface area (Å²) in [5.41, 5.74) is 0. The molecular weight excluding hydrogens is 260 g/mol. The van der Waals surface area contributed by atoms with E-state index in [1.165, 1.54) is 70.6 Å². The molecule has 0 amide bonds. The van der Waals surface area contributed by atoms with Gasteiger partial charge in [0.25, 0.3) is 0 Å². The van der Waals surface area contributed by atoms with Crippen molar-refractivity contribution in [3.05, 3.63) is 18.2 Å². The number of carbonyl (C=O) groups excluding carboxylic acids is 1. The van der Waals surface area contributed by atoms with E-state index in [9.17, 15) is 4.79 Å². The summed E-state index contributed by atoms with van der Waals surface area (Å²) in [4.78, 5) is 14.7. The average Bonchev–Trinajstić information content (AvgIpc) is 2.96. The number of rotatable bonds is 14. The van der Waals surface area contributed by atoms with Gasteiger partial charge in [-0.1, -0.05) is 77.6 Å². The molecule has 0 aliphatic rings. The molecule has 3 nitrogen and oxygen atoms in total. The Hall–Kier alpha value is -1.12. The minimum Gasteiger partial charge on any atom is -0.329 e. The van der Waals surface area contributed by atoms with Crippen molar-refractivity contribution in [2.45, 2.75) is 90.5 Å². The molecule has 0 fully saturated rings. The van der Waals surface area contributed by atoms with Crippen LogP contribution < -0.4 is 0 Å². The monoisotopic (exact) mass is 292 g/mol. The molecule has 1 heterocycles. The third-order valence-corrected chi connectivity index (χ3v) is 4.11. The SMILES string of the molecule is CCCCCCCCCCCCCCn1ccnc1C=O. The molecule has 0 saturated carbocycles. The first-order valence-corrected chi connectivity index (χ1v) is 8.84. The van der Waals surface area contributed by atoms with Crippen LogP contribution in [0.1, 0.15) is 94.6 Å². The lowest BCUT2D eigenvalue weighted by Crippen LogP contribution is -2.01. The fourth-order valence-electron chi connectivity index (χ4n) is 2.75. The zero-order valence-corrected chi connectivity index (χ0v) is 13.7. The molecule has 0 spiro atoms. The Bertz CT molecular complexity index is 360. The second-order valence-electron chi connectivity index (χ2n) is 5.99. The average molecular weight is 292 g/mol. The maximum Gasteiger partial charge on any atom is 0.185 e. The fraction of sp³-hybridized carbons (Fsp3) is 0.778. The lowest BCUT2D eigenvalue weighted by atomic mass is 10.1. The number of hydrogen-bond donors (Lipinski definition) is 0. The van der Waals surface area contributed by atoms with E-state index >= 15 is 0 Å². The molecule has 1 rings (SSSR count). The fourth-order valence-corrected chi connectivity index (χ4v) is 2.75. The molecule has 0 unspecified atom stereocenters. The van der Waals surface area contributed by atoms with Gasteiger partial charge in [-0.05, 0) is 6.42 Å². The van der Waals surface area contributed by atoms with Gasteiger partial charge >= 0.3 is 0 Å². The number of aldehydes is 1. The second-order valence-corrected chi connectivity index (χ2v) is 5.99. The van der Waals surface area contributed by atoms with Crippen LogP contribution in [-0.2, 0) is 6.54 Å². The van der Waals surface area contributed by atoms with E-state index in [1.54, 1.807) is 6.20 Å². The smallest absolute Gasteiger partial charge is 0.185 e. The van der Waals surface area contributed by atoms with Crippen molar-refractivity contribution in [3.63, 3.8) is 0 Å². The Kier molecular flexibility index (Phi) is 10.8. The molecule has 0 aliphatic carbocycles. The molecule has 1 aromatic heterocycles. The summed E-state index contributed by atoms with van der Waals surface area (Å²) < 4.78 is 1.95. The zero-order chi connectivity index (χ0) is 15.2. The third-order valence-electron chi connectivity index (χ3n) is 4.11. The van der Waals surface area contributed by atoms with Gasteiger partial charge in [0.15, 0.2) is 12.1 Å². The Morgan fingerprint density at radius 1 is 0.905 bits per heavy atom. The zero-order valence-electron chi connectivity index (χ0n) is 13.7. The van der Waals surface area contributed by atoms with Crippen LogP contribution in [0.5, 0.6) is 0 Å². The normalized spacial score (nSPS) is 10.9. The Balaban J connectivity index is 1.84. The van der Waals surface area contributed by atoms with Crippen molar-refractivity contribution >= 4 is 6.29 Å². The minimum atomic E-state index is 0.554. The summed E-state index contributed by atoms with van der Waals surface area (Å²) in [5, 5.41) is 0. The standard InChI is InChI=1S/C18H32N2O/c1-2-3-4-5-6-7-8-9-10-11-12-13-15-20-16-14-19-18(20)17-21/h14,16-17H,2-13,15H2,1H3. The van der Waals surface area contributed by atoms with Gasteiger partial charge in [0.1, 0.15) is 0 Å². The van der Waals surface area contributed by atoms with Crippen LogP contribution in [-0.4, -0.2) is 15.8 Å². The van der Waals surface area contributed by atoms with E-state index in [0.717, 1.165) is 19.3 Å². The van der Waals surface area contributed by atoms with Gasteiger partial charge in [0.05, 0.1) is 0 Å². The highest BCUT2D eigenvalue weighted by atomic mass is 16.1. The Labute approximate surface area is 130 Å². The van der Waals surface area contributed by atoms with E-state index in [2.05, 4.69) is 11.9 Å². The Morgan fingerprint density at radius 3 is 1.95 bits per heavy atom. The maximum absolute atomic E-state index is 10.7. The van der Waals surface area contributed by atoms with Gasteiger partial charge in [0, 0.05) is 18.9 Å². The summed E-state index contributed by atoms with van der Waals surface area (Å²) in [7, 11) is 0. The molecule has 0 bridgehead atoms. The summed E-state index contributed by atoms with van der Waals surface area (Å²) >= 11 is 0. The molecule has 0 saturated heterocycles. The lowest BCUT2D eigenvalue weighted by Gasteiger charge is -2.04. The van der Waals surface area contributed by atoms with Gasteiger partial charge in [-0.15, -0.1) is 0 Å². The number of carbonyl (C=O) groups is 1. The van der Waals surface area contributed by atoms with E-state index in [1.807, 2.05) is 10.8 Å². The molecule has 1 aromatic rings. The molecule has 0 radical (unpaired) electrons. The van der Waals surface area contributed by atoms with E-state index < -0.39 is 0 Å². The summed E-state index contributed by atoms with van der Waals surface area (Å²) in [5.74, 6) is 0.554. The van der Waals surface area contributed by atoms with Crippen molar-refractivity contribution in [2.75, 3.05) is 0 Å². The number of aromatic nitrogens is 2. The number of unbranched alkanes of at least 4 members (excludes halogenated alkanes) is 11. The largest absolute Gasteiger partial charge is 0.329 e. The lowest BCUT2D eigenvalue weighted by molar-refractivity contribution is 0.111. The molecule has 21 heavy (non-hydrogen) atoms. The number of aryl methyl sites for hydroxylation is 1. The first-order chi connectivity index (χ1) is 10.4. The Morgan fingerprint density at radius 2 is 1.43 bits per heavy atom. The second kappa shape index (κ2) is 12.6. The first kappa shape index (κ1) is 17.9. The van der Waals surface area contributed by atoms with Crippen LogP contribution in [0.4, 0.5) is 0 Å². The molecule has 0 aliphatic heterocycles. The minimum absolute atomic E-state index is 0.554. The van der Waals surface area contributed by atoms with Gasteiger partial charge < -0.3 is 4.57 Å². The summed E-state index contributed by atoms with van der Waals surface area (Å²) in [6.07, 6.45) is 20.7. The van der Waals surface area contributed by atoms with Crippen LogP contribution in [0.15, 0.2) is 12.4 Å². The van der Waals surface area contributed by atoms with Crippen LogP contribution in [0.25, 0.3) is 0 Å². The van der Waals surface area contributed by atoms with Gasteiger partial charge in [0.2, 0.25) is 0 Å². The van der Waals surface area contributed by atoms with E-state index in [4.69, 9.17) is 0 Å². The summed E-state index contributed by atoms with van der Waals surface area (Å²) in [6, 6.07) is 0. The van der Waals surface area contributed by atoms with Crippen molar-refractivity contribution in [3.8, 4) is 0 Å². The molecule has 0 N–H and O–H groups in total. The van der Waals surface area contributed by atoms with Crippen LogP contribution >= 0.6 is 0 Å². The molecule has 0 aromatic carbocycles. The number of hydrogen-bond acceptors (Lipinski definition) is 2. The van der Waals surface area contributed by atoms with Crippen molar-refractivity contribution < 1.29 is 4.79 Å². The van der Waals surface area contributed by atoms with E-state index in [0.29, 0.717) is 5.82 Å². The van der Waals surface area contributed by atoms with Gasteiger partial charge in [-0.2, -0.15) is 0 Å².